The lowest BCUT2D eigenvalue weighted by atomic mass is 10.2. The van der Waals surface area contributed by atoms with Gasteiger partial charge in [0.15, 0.2) is 0 Å². The molecule has 122 valence electrons. The first-order valence-electron chi connectivity index (χ1n) is 7.44. The first-order valence-corrected chi connectivity index (χ1v) is 7.81. The van der Waals surface area contributed by atoms with E-state index in [0.717, 1.165) is 10.9 Å². The van der Waals surface area contributed by atoms with E-state index in [2.05, 4.69) is 10.6 Å². The molecule has 0 aliphatic carbocycles. The molecule has 6 heteroatoms. The van der Waals surface area contributed by atoms with Gasteiger partial charge in [0, 0.05) is 40.4 Å². The van der Waals surface area contributed by atoms with Crippen molar-refractivity contribution in [3.8, 4) is 0 Å². The fourth-order valence-electron chi connectivity index (χ4n) is 2.56. The second kappa shape index (κ2) is 6.76. The molecule has 3 aromatic rings. The summed E-state index contributed by atoms with van der Waals surface area (Å²) in [5.74, 6) is -0.318. The van der Waals surface area contributed by atoms with Gasteiger partial charge in [-0.05, 0) is 36.4 Å². The largest absolute Gasteiger partial charge is 0.338 e. The monoisotopic (exact) mass is 341 g/mol. The van der Waals surface area contributed by atoms with Gasteiger partial charge in [0.05, 0.1) is 0 Å². The zero-order chi connectivity index (χ0) is 17.1. The number of anilines is 2. The highest BCUT2D eigenvalue weighted by Crippen LogP contribution is 2.24. The van der Waals surface area contributed by atoms with Gasteiger partial charge in [-0.25, -0.2) is 0 Å². The third-order valence-corrected chi connectivity index (χ3v) is 3.87. The molecular formula is C18H16ClN3O2. The summed E-state index contributed by atoms with van der Waals surface area (Å²) in [6.07, 6.45) is 1.84. The maximum absolute atomic E-state index is 12.3. The molecule has 0 saturated carbocycles. The molecular weight excluding hydrogens is 326 g/mol. The number of hydrogen-bond donors (Lipinski definition) is 2. The van der Waals surface area contributed by atoms with Gasteiger partial charge in [-0.3, -0.25) is 9.59 Å². The van der Waals surface area contributed by atoms with Gasteiger partial charge in [0.2, 0.25) is 11.8 Å². The number of rotatable bonds is 4. The van der Waals surface area contributed by atoms with E-state index in [-0.39, 0.29) is 18.4 Å². The lowest BCUT2D eigenvalue weighted by Crippen LogP contribution is -2.18. The average molecular weight is 342 g/mol. The number of benzene rings is 2. The molecule has 0 aliphatic heterocycles. The van der Waals surface area contributed by atoms with Crippen molar-refractivity contribution in [1.29, 1.82) is 0 Å². The van der Waals surface area contributed by atoms with Crippen molar-refractivity contribution < 1.29 is 9.59 Å². The summed E-state index contributed by atoms with van der Waals surface area (Å²) < 4.78 is 1.84. The number of aromatic nitrogens is 1. The molecule has 2 aromatic carbocycles. The molecule has 24 heavy (non-hydrogen) atoms. The van der Waals surface area contributed by atoms with E-state index in [1.165, 1.54) is 6.92 Å². The molecule has 0 atom stereocenters. The van der Waals surface area contributed by atoms with Gasteiger partial charge in [0.1, 0.15) is 6.54 Å². The van der Waals surface area contributed by atoms with Crippen molar-refractivity contribution in [2.24, 2.45) is 0 Å². The highest BCUT2D eigenvalue weighted by Gasteiger charge is 2.09. The van der Waals surface area contributed by atoms with Crippen LogP contribution in [0.15, 0.2) is 54.7 Å². The van der Waals surface area contributed by atoms with Gasteiger partial charge in [-0.1, -0.05) is 23.7 Å². The van der Waals surface area contributed by atoms with Gasteiger partial charge >= 0.3 is 0 Å². The second-order valence-corrected chi connectivity index (χ2v) is 5.83. The standard InChI is InChI=1S/C18H16ClN3O2/c1-12(23)20-13-4-2-5-14(10-13)21-18(24)11-22-9-8-15-16(19)6-3-7-17(15)22/h2-10H,11H2,1H3,(H,20,23)(H,21,24). The van der Waals surface area contributed by atoms with E-state index >= 15 is 0 Å². The van der Waals surface area contributed by atoms with Crippen LogP contribution in [0.1, 0.15) is 6.92 Å². The summed E-state index contributed by atoms with van der Waals surface area (Å²) >= 11 is 6.15. The molecule has 2 N–H and O–H groups in total. The van der Waals surface area contributed by atoms with E-state index in [4.69, 9.17) is 11.6 Å². The Labute approximate surface area is 144 Å². The van der Waals surface area contributed by atoms with Crippen LogP contribution in [0.25, 0.3) is 10.9 Å². The highest BCUT2D eigenvalue weighted by atomic mass is 35.5. The fraction of sp³-hybridized carbons (Fsp3) is 0.111. The third kappa shape index (κ3) is 3.58. The van der Waals surface area contributed by atoms with Crippen LogP contribution in [-0.4, -0.2) is 16.4 Å². The van der Waals surface area contributed by atoms with Crippen LogP contribution in [0.3, 0.4) is 0 Å². The van der Waals surface area contributed by atoms with Crippen molar-refractivity contribution in [2.75, 3.05) is 10.6 Å². The maximum Gasteiger partial charge on any atom is 0.244 e. The van der Waals surface area contributed by atoms with Crippen molar-refractivity contribution in [3.63, 3.8) is 0 Å². The van der Waals surface area contributed by atoms with Crippen LogP contribution >= 0.6 is 11.6 Å². The Kier molecular flexibility index (Phi) is 4.53. The Morgan fingerprint density at radius 3 is 2.50 bits per heavy atom. The van der Waals surface area contributed by atoms with Gasteiger partial charge in [-0.2, -0.15) is 0 Å². The Hall–Kier alpha value is -2.79. The molecule has 1 heterocycles. The lowest BCUT2D eigenvalue weighted by Gasteiger charge is -2.09. The van der Waals surface area contributed by atoms with E-state index in [9.17, 15) is 9.59 Å². The first kappa shape index (κ1) is 16.1. The number of carbonyl (C=O) groups is 2. The summed E-state index contributed by atoms with van der Waals surface area (Å²) in [7, 11) is 0. The Morgan fingerprint density at radius 1 is 1.04 bits per heavy atom. The number of fused-ring (bicyclic) bond motifs is 1. The molecule has 1 aromatic heterocycles. The summed E-state index contributed by atoms with van der Waals surface area (Å²) in [6, 6.07) is 14.5. The molecule has 2 amide bonds. The van der Waals surface area contributed by atoms with Gasteiger partial charge < -0.3 is 15.2 Å². The summed E-state index contributed by atoms with van der Waals surface area (Å²) in [6.45, 7) is 1.61. The minimum Gasteiger partial charge on any atom is -0.338 e. The first-order chi connectivity index (χ1) is 11.5. The van der Waals surface area contributed by atoms with Crippen molar-refractivity contribution in [1.82, 2.24) is 4.57 Å². The zero-order valence-electron chi connectivity index (χ0n) is 13.0. The Bertz CT molecular complexity index is 918. The molecule has 0 aliphatic rings. The number of halogens is 1. The molecule has 0 fully saturated rings. The fourth-order valence-corrected chi connectivity index (χ4v) is 2.79. The molecule has 0 spiro atoms. The predicted octanol–water partition coefficient (Wildman–Crippen LogP) is 3.89. The SMILES string of the molecule is CC(=O)Nc1cccc(NC(=O)Cn2ccc3c(Cl)cccc32)c1. The van der Waals surface area contributed by atoms with Gasteiger partial charge in [0.25, 0.3) is 0 Å². The number of carbonyl (C=O) groups excluding carboxylic acids is 2. The van der Waals surface area contributed by atoms with E-state index < -0.39 is 0 Å². The quantitative estimate of drug-likeness (QED) is 0.756. The van der Waals surface area contributed by atoms with E-state index in [1.54, 1.807) is 24.3 Å². The second-order valence-electron chi connectivity index (χ2n) is 5.43. The average Bonchev–Trinajstić information content (AvgIpc) is 2.91. The van der Waals surface area contributed by atoms with Crippen molar-refractivity contribution >= 4 is 45.7 Å². The summed E-state index contributed by atoms with van der Waals surface area (Å²) in [5, 5.41) is 7.09. The summed E-state index contributed by atoms with van der Waals surface area (Å²) in [5.41, 5.74) is 2.17. The molecule has 5 nitrogen and oxygen atoms in total. The van der Waals surface area contributed by atoms with Crippen LogP contribution in [0.2, 0.25) is 5.02 Å². The predicted molar refractivity (Wildman–Crippen MR) is 96.3 cm³/mol. The topological polar surface area (TPSA) is 63.1 Å². The van der Waals surface area contributed by atoms with Crippen LogP contribution < -0.4 is 10.6 Å². The number of amides is 2. The molecule has 0 saturated heterocycles. The summed E-state index contributed by atoms with van der Waals surface area (Å²) in [4.78, 5) is 23.4. The molecule has 3 rings (SSSR count). The van der Waals surface area contributed by atoms with Crippen molar-refractivity contribution in [3.05, 3.63) is 59.8 Å². The number of hydrogen-bond acceptors (Lipinski definition) is 2. The van der Waals surface area contributed by atoms with Crippen LogP contribution in [0.4, 0.5) is 11.4 Å². The number of nitrogens with zero attached hydrogens (tertiary/aromatic N) is 1. The number of nitrogens with one attached hydrogen (secondary N) is 2. The minimum atomic E-state index is -0.160. The van der Waals surface area contributed by atoms with Gasteiger partial charge in [-0.15, -0.1) is 0 Å². The Morgan fingerprint density at radius 2 is 1.75 bits per heavy atom. The highest BCUT2D eigenvalue weighted by molar-refractivity contribution is 6.35. The lowest BCUT2D eigenvalue weighted by molar-refractivity contribution is -0.116. The van der Waals surface area contributed by atoms with Crippen LogP contribution in [-0.2, 0) is 16.1 Å². The molecule has 0 radical (unpaired) electrons. The smallest absolute Gasteiger partial charge is 0.244 e. The zero-order valence-corrected chi connectivity index (χ0v) is 13.8. The minimum absolute atomic E-state index is 0.158. The Balaban J connectivity index is 1.73. The van der Waals surface area contributed by atoms with E-state index in [0.29, 0.717) is 16.4 Å². The third-order valence-electron chi connectivity index (χ3n) is 3.54. The maximum atomic E-state index is 12.3. The van der Waals surface area contributed by atoms with E-state index in [1.807, 2.05) is 35.0 Å². The normalized spacial score (nSPS) is 10.6. The molecule has 0 unspecified atom stereocenters. The van der Waals surface area contributed by atoms with Crippen LogP contribution in [0.5, 0.6) is 0 Å². The van der Waals surface area contributed by atoms with Crippen molar-refractivity contribution in [2.45, 2.75) is 13.5 Å². The van der Waals surface area contributed by atoms with Crippen LogP contribution in [0, 0.1) is 0 Å². The molecule has 0 bridgehead atoms.